The number of rotatable bonds is 8. The average Bonchev–Trinajstić information content (AvgIpc) is 2.81. The van der Waals surface area contributed by atoms with Crippen molar-refractivity contribution < 1.29 is 19.7 Å². The molecule has 0 spiro atoms. The summed E-state index contributed by atoms with van der Waals surface area (Å²) in [6.07, 6.45) is 2.73. The molecule has 0 saturated carbocycles. The van der Waals surface area contributed by atoms with Gasteiger partial charge in [-0.15, -0.1) is 11.3 Å². The first-order valence-corrected chi connectivity index (χ1v) is 7.81. The van der Waals surface area contributed by atoms with E-state index in [0.29, 0.717) is 37.9 Å². The van der Waals surface area contributed by atoms with Crippen LogP contribution in [-0.2, 0) is 16.0 Å². The Morgan fingerprint density at radius 3 is 2.65 bits per heavy atom. The summed E-state index contributed by atoms with van der Waals surface area (Å²) in [7, 11) is 1.37. The van der Waals surface area contributed by atoms with Gasteiger partial charge in [-0.1, -0.05) is 13.8 Å². The van der Waals surface area contributed by atoms with Gasteiger partial charge in [0.1, 0.15) is 5.75 Å². The Balaban J connectivity index is 2.53. The zero-order chi connectivity index (χ0) is 15.2. The summed E-state index contributed by atoms with van der Waals surface area (Å²) in [6, 6.07) is 1.67. The van der Waals surface area contributed by atoms with Gasteiger partial charge in [0.05, 0.1) is 12.7 Å². The summed E-state index contributed by atoms with van der Waals surface area (Å²) in [6.45, 7) is 3.96. The highest BCUT2D eigenvalue weighted by Crippen LogP contribution is 2.32. The molecular weight excluding hydrogens is 276 g/mol. The lowest BCUT2D eigenvalue weighted by molar-refractivity contribution is -0.141. The molecule has 1 unspecified atom stereocenters. The molecule has 0 aliphatic carbocycles. The number of thiophene rings is 1. The Kier molecular flexibility index (Phi) is 6.49. The molecule has 1 rings (SSSR count). The fourth-order valence-electron chi connectivity index (χ4n) is 2.19. The minimum Gasteiger partial charge on any atom is -0.507 e. The second-order valence-electron chi connectivity index (χ2n) is 5.42. The third-order valence-corrected chi connectivity index (χ3v) is 4.77. The highest BCUT2D eigenvalue weighted by Gasteiger charge is 2.30. The van der Waals surface area contributed by atoms with Crippen LogP contribution in [0.1, 0.15) is 44.4 Å². The van der Waals surface area contributed by atoms with Gasteiger partial charge < -0.3 is 14.9 Å². The van der Waals surface area contributed by atoms with E-state index in [0.717, 1.165) is 4.88 Å². The second kappa shape index (κ2) is 7.64. The predicted molar refractivity (Wildman–Crippen MR) is 80.0 cm³/mol. The van der Waals surface area contributed by atoms with E-state index in [1.54, 1.807) is 6.07 Å². The molecule has 2 N–H and O–H groups in total. The monoisotopic (exact) mass is 300 g/mol. The minimum absolute atomic E-state index is 0.0993. The third-order valence-electron chi connectivity index (χ3n) is 3.80. The lowest BCUT2D eigenvalue weighted by Crippen LogP contribution is -2.35. The summed E-state index contributed by atoms with van der Waals surface area (Å²) in [5.41, 5.74) is -0.815. The molecule has 0 aliphatic heterocycles. The van der Waals surface area contributed by atoms with Crippen molar-refractivity contribution in [3.8, 4) is 5.75 Å². The fraction of sp³-hybridized carbons (Fsp3) is 0.667. The van der Waals surface area contributed by atoms with E-state index in [2.05, 4.69) is 4.74 Å². The van der Waals surface area contributed by atoms with Gasteiger partial charge in [-0.25, -0.2) is 0 Å². The van der Waals surface area contributed by atoms with Gasteiger partial charge in [0.2, 0.25) is 0 Å². The second-order valence-corrected chi connectivity index (χ2v) is 6.42. The van der Waals surface area contributed by atoms with E-state index in [-0.39, 0.29) is 11.9 Å². The molecule has 1 aromatic rings. The minimum atomic E-state index is -0.815. The summed E-state index contributed by atoms with van der Waals surface area (Å²) >= 11 is 1.50. The number of aryl methyl sites for hydroxylation is 1. The van der Waals surface area contributed by atoms with Gasteiger partial charge in [0, 0.05) is 11.3 Å². The zero-order valence-electron chi connectivity index (χ0n) is 12.4. The smallest absolute Gasteiger partial charge is 0.305 e. The topological polar surface area (TPSA) is 66.8 Å². The summed E-state index contributed by atoms with van der Waals surface area (Å²) in [5.74, 6) is 0.157. The molecule has 0 saturated heterocycles. The van der Waals surface area contributed by atoms with Crippen LogP contribution in [0, 0.1) is 5.92 Å². The first-order chi connectivity index (χ1) is 9.39. The van der Waals surface area contributed by atoms with Crippen LogP contribution >= 0.6 is 11.3 Å². The van der Waals surface area contributed by atoms with Gasteiger partial charge >= 0.3 is 5.97 Å². The summed E-state index contributed by atoms with van der Waals surface area (Å²) in [4.78, 5) is 12.0. The summed E-state index contributed by atoms with van der Waals surface area (Å²) < 4.78 is 4.61. The molecule has 114 valence electrons. The van der Waals surface area contributed by atoms with Gasteiger partial charge in [-0.05, 0) is 43.0 Å². The van der Waals surface area contributed by atoms with E-state index in [4.69, 9.17) is 0 Å². The van der Waals surface area contributed by atoms with Crippen LogP contribution in [0.3, 0.4) is 0 Å². The quantitative estimate of drug-likeness (QED) is 0.724. The molecule has 0 radical (unpaired) electrons. The van der Waals surface area contributed by atoms with Crippen molar-refractivity contribution >= 4 is 17.3 Å². The van der Waals surface area contributed by atoms with E-state index >= 15 is 0 Å². The highest BCUT2D eigenvalue weighted by atomic mass is 32.1. The molecule has 0 amide bonds. The number of carbonyl (C=O) groups is 1. The van der Waals surface area contributed by atoms with Crippen molar-refractivity contribution in [3.05, 3.63) is 16.3 Å². The van der Waals surface area contributed by atoms with Gasteiger partial charge in [-0.3, -0.25) is 4.79 Å². The van der Waals surface area contributed by atoms with E-state index in [9.17, 15) is 15.0 Å². The van der Waals surface area contributed by atoms with Crippen molar-refractivity contribution in [2.24, 2.45) is 5.92 Å². The molecule has 0 aliphatic rings. The number of aliphatic hydroxyl groups is 1. The number of methoxy groups -OCH3 is 1. The molecule has 0 aromatic carbocycles. The number of esters is 1. The summed E-state index contributed by atoms with van der Waals surface area (Å²) in [5, 5.41) is 22.2. The SMILES string of the molecule is COC(=O)CCCC(O)(CCc1sccc1O)C(C)C. The van der Waals surface area contributed by atoms with E-state index in [1.165, 1.54) is 18.4 Å². The van der Waals surface area contributed by atoms with Crippen LogP contribution in [0.4, 0.5) is 0 Å². The first-order valence-electron chi connectivity index (χ1n) is 6.93. The van der Waals surface area contributed by atoms with Crippen LogP contribution < -0.4 is 0 Å². The molecule has 1 aromatic heterocycles. The van der Waals surface area contributed by atoms with Crippen molar-refractivity contribution in [3.63, 3.8) is 0 Å². The first kappa shape index (κ1) is 17.0. The van der Waals surface area contributed by atoms with Crippen molar-refractivity contribution in [1.29, 1.82) is 0 Å². The molecule has 1 atom stereocenters. The molecule has 20 heavy (non-hydrogen) atoms. The molecular formula is C15H24O4S. The van der Waals surface area contributed by atoms with Gasteiger partial charge in [0.15, 0.2) is 0 Å². The van der Waals surface area contributed by atoms with Crippen molar-refractivity contribution in [2.45, 2.75) is 51.6 Å². The maximum atomic E-state index is 11.1. The molecule has 0 bridgehead atoms. The Labute approximate surface area is 124 Å². The standard InChI is InChI=1S/C15H24O4S/c1-11(2)15(18,8-4-5-14(17)19-3)9-6-13-12(16)7-10-20-13/h7,10-11,16,18H,4-6,8-9H2,1-3H3. The van der Waals surface area contributed by atoms with Crippen LogP contribution in [-0.4, -0.2) is 28.9 Å². The Morgan fingerprint density at radius 1 is 1.45 bits per heavy atom. The number of hydrogen-bond acceptors (Lipinski definition) is 5. The average molecular weight is 300 g/mol. The molecule has 5 heteroatoms. The maximum absolute atomic E-state index is 11.1. The number of carbonyl (C=O) groups excluding carboxylic acids is 1. The van der Waals surface area contributed by atoms with Gasteiger partial charge in [0.25, 0.3) is 0 Å². The number of hydrogen-bond donors (Lipinski definition) is 2. The number of ether oxygens (including phenoxy) is 1. The van der Waals surface area contributed by atoms with Crippen molar-refractivity contribution in [2.75, 3.05) is 7.11 Å². The highest BCUT2D eigenvalue weighted by molar-refractivity contribution is 7.10. The molecule has 4 nitrogen and oxygen atoms in total. The van der Waals surface area contributed by atoms with Crippen molar-refractivity contribution in [1.82, 2.24) is 0 Å². The Bertz CT molecular complexity index is 427. The van der Waals surface area contributed by atoms with Crippen LogP contribution in [0.25, 0.3) is 0 Å². The fourth-order valence-corrected chi connectivity index (χ4v) is 2.96. The largest absolute Gasteiger partial charge is 0.507 e. The van der Waals surface area contributed by atoms with Gasteiger partial charge in [-0.2, -0.15) is 0 Å². The molecule has 0 fully saturated rings. The number of aromatic hydroxyl groups is 1. The third kappa shape index (κ3) is 4.80. The van der Waals surface area contributed by atoms with Crippen LogP contribution in [0.5, 0.6) is 5.75 Å². The van der Waals surface area contributed by atoms with Crippen LogP contribution in [0.2, 0.25) is 0 Å². The maximum Gasteiger partial charge on any atom is 0.305 e. The molecule has 1 heterocycles. The van der Waals surface area contributed by atoms with E-state index in [1.807, 2.05) is 19.2 Å². The van der Waals surface area contributed by atoms with Crippen LogP contribution in [0.15, 0.2) is 11.4 Å². The predicted octanol–water partition coefficient (Wildman–Crippen LogP) is 3.12. The van der Waals surface area contributed by atoms with E-state index < -0.39 is 5.60 Å². The lowest BCUT2D eigenvalue weighted by atomic mass is 9.81. The Morgan fingerprint density at radius 2 is 2.15 bits per heavy atom. The normalized spacial score (nSPS) is 14.2. The lowest BCUT2D eigenvalue weighted by Gasteiger charge is -2.32. The Hall–Kier alpha value is -1.07. The zero-order valence-corrected chi connectivity index (χ0v) is 13.2.